The van der Waals surface area contributed by atoms with E-state index < -0.39 is 0 Å². The summed E-state index contributed by atoms with van der Waals surface area (Å²) in [5.74, 6) is 0.185. The van der Waals surface area contributed by atoms with Crippen LogP contribution in [-0.4, -0.2) is 32.0 Å². The number of aryl methyl sites for hydroxylation is 2. The fourth-order valence-electron chi connectivity index (χ4n) is 2.48. The van der Waals surface area contributed by atoms with E-state index in [9.17, 15) is 4.79 Å². The third-order valence-corrected chi connectivity index (χ3v) is 3.59. The van der Waals surface area contributed by atoms with Crippen LogP contribution in [-0.2, 0) is 6.54 Å². The summed E-state index contributed by atoms with van der Waals surface area (Å²) in [6, 6.07) is 9.60. The summed E-state index contributed by atoms with van der Waals surface area (Å²) in [7, 11) is 0. The molecular weight excluding hydrogens is 375 g/mol. The van der Waals surface area contributed by atoms with Gasteiger partial charge in [0, 0.05) is 23.6 Å². The van der Waals surface area contributed by atoms with E-state index in [0.717, 1.165) is 35.7 Å². The molecule has 3 aromatic rings. The summed E-state index contributed by atoms with van der Waals surface area (Å²) in [5.41, 5.74) is 3.55. The Bertz CT molecular complexity index is 896. The Morgan fingerprint density at radius 3 is 2.65 bits per heavy atom. The lowest BCUT2D eigenvalue weighted by Crippen LogP contribution is -2.15. The second-order valence-electron chi connectivity index (χ2n) is 5.62. The maximum absolute atomic E-state index is 12.4. The zero-order valence-electron chi connectivity index (χ0n) is 14.8. The van der Waals surface area contributed by atoms with Gasteiger partial charge in [0.1, 0.15) is 0 Å². The van der Waals surface area contributed by atoms with E-state index in [1.807, 2.05) is 44.2 Å². The quantitative estimate of drug-likeness (QED) is 0.692. The molecular formula is C17H22Cl2N6O. The highest BCUT2D eigenvalue weighted by molar-refractivity contribution is 6.01. The molecule has 0 bridgehead atoms. The summed E-state index contributed by atoms with van der Waals surface area (Å²) in [5, 5.41) is 10.3. The third-order valence-electron chi connectivity index (χ3n) is 3.59. The van der Waals surface area contributed by atoms with Gasteiger partial charge in [-0.15, -0.1) is 29.9 Å². The van der Waals surface area contributed by atoms with E-state index in [2.05, 4.69) is 32.6 Å². The maximum Gasteiger partial charge on any atom is 0.295 e. The van der Waals surface area contributed by atoms with Crippen LogP contribution in [0.4, 0.5) is 5.69 Å². The first-order valence-electron chi connectivity index (χ1n) is 7.89. The fraction of sp³-hybridized carbons (Fsp3) is 0.294. The monoisotopic (exact) mass is 396 g/mol. The number of hydrogen-bond acceptors (Lipinski definition) is 5. The molecule has 26 heavy (non-hydrogen) atoms. The first kappa shape index (κ1) is 21.8. The smallest absolute Gasteiger partial charge is 0.295 e. The number of amides is 1. The average molecular weight is 397 g/mol. The molecule has 0 aliphatic rings. The topological polar surface area (TPSA) is 84.2 Å². The van der Waals surface area contributed by atoms with Crippen molar-refractivity contribution in [3.05, 3.63) is 53.1 Å². The van der Waals surface area contributed by atoms with Gasteiger partial charge in [0.05, 0.1) is 0 Å². The van der Waals surface area contributed by atoms with Crippen molar-refractivity contribution >= 4 is 42.2 Å². The molecule has 0 aliphatic carbocycles. The molecule has 0 aliphatic heterocycles. The highest BCUT2D eigenvalue weighted by atomic mass is 35.5. The largest absolute Gasteiger partial charge is 0.319 e. The average Bonchev–Trinajstić information content (AvgIpc) is 2.98. The van der Waals surface area contributed by atoms with Crippen molar-refractivity contribution < 1.29 is 4.79 Å². The van der Waals surface area contributed by atoms with Crippen LogP contribution in [0.3, 0.4) is 0 Å². The lowest BCUT2D eigenvalue weighted by atomic mass is 10.2. The van der Waals surface area contributed by atoms with Crippen molar-refractivity contribution in [2.75, 3.05) is 11.9 Å². The Morgan fingerprint density at radius 1 is 1.15 bits per heavy atom. The molecule has 2 aromatic heterocycles. The number of benzene rings is 1. The molecule has 0 saturated heterocycles. The first-order chi connectivity index (χ1) is 11.6. The molecule has 2 heterocycles. The number of hydrogen-bond donors (Lipinski definition) is 2. The number of carbonyl (C=O) groups excluding carboxylic acids is 1. The van der Waals surface area contributed by atoms with Crippen LogP contribution in [0.2, 0.25) is 0 Å². The van der Waals surface area contributed by atoms with Crippen molar-refractivity contribution in [2.45, 2.75) is 27.3 Å². The van der Waals surface area contributed by atoms with Gasteiger partial charge in [0.25, 0.3) is 11.7 Å². The first-order valence-corrected chi connectivity index (χ1v) is 7.89. The predicted molar refractivity (Wildman–Crippen MR) is 107 cm³/mol. The van der Waals surface area contributed by atoms with E-state index in [-0.39, 0.29) is 36.5 Å². The summed E-state index contributed by atoms with van der Waals surface area (Å²) in [6.07, 6.45) is 0. The van der Waals surface area contributed by atoms with Gasteiger partial charge in [-0.2, -0.15) is 4.98 Å². The van der Waals surface area contributed by atoms with Gasteiger partial charge in [-0.25, -0.2) is 9.50 Å². The molecule has 140 valence electrons. The Hall–Kier alpha value is -2.22. The van der Waals surface area contributed by atoms with Gasteiger partial charge in [-0.1, -0.05) is 19.1 Å². The van der Waals surface area contributed by atoms with Crippen LogP contribution < -0.4 is 10.6 Å². The fourth-order valence-corrected chi connectivity index (χ4v) is 2.48. The summed E-state index contributed by atoms with van der Waals surface area (Å²) in [4.78, 5) is 20.9. The predicted octanol–water partition coefficient (Wildman–Crippen LogP) is 2.95. The number of fused-ring (bicyclic) bond motifs is 1. The Labute approximate surface area is 164 Å². The zero-order chi connectivity index (χ0) is 17.1. The van der Waals surface area contributed by atoms with Crippen LogP contribution in [0.25, 0.3) is 5.78 Å². The number of nitrogens with one attached hydrogen (secondary N) is 2. The highest BCUT2D eigenvalue weighted by Gasteiger charge is 2.15. The van der Waals surface area contributed by atoms with Gasteiger partial charge < -0.3 is 10.6 Å². The number of anilines is 1. The molecule has 0 atom stereocenters. The second-order valence-corrected chi connectivity index (χ2v) is 5.62. The van der Waals surface area contributed by atoms with Crippen molar-refractivity contribution in [3.8, 4) is 0 Å². The number of rotatable bonds is 5. The number of carbonyl (C=O) groups is 1. The SMILES string of the molecule is CCNCc1cccc(NC(=O)c2nc3nc(C)cc(C)n3n2)c1.Cl.Cl. The van der Waals surface area contributed by atoms with E-state index >= 15 is 0 Å². The van der Waals surface area contributed by atoms with E-state index in [0.29, 0.717) is 5.78 Å². The third kappa shape index (κ3) is 4.91. The normalized spacial score (nSPS) is 10.1. The van der Waals surface area contributed by atoms with Crippen LogP contribution in [0, 0.1) is 13.8 Å². The number of halogens is 2. The molecule has 2 N–H and O–H groups in total. The van der Waals surface area contributed by atoms with Crippen molar-refractivity contribution in [1.82, 2.24) is 24.9 Å². The molecule has 9 heteroatoms. The molecule has 0 saturated carbocycles. The molecule has 0 unspecified atom stereocenters. The van der Waals surface area contributed by atoms with Crippen LogP contribution >= 0.6 is 24.8 Å². The minimum absolute atomic E-state index is 0. The Balaban J connectivity index is 0.00000169. The van der Waals surface area contributed by atoms with Crippen molar-refractivity contribution in [3.63, 3.8) is 0 Å². The Kier molecular flexibility index (Phi) is 7.95. The maximum atomic E-state index is 12.4. The van der Waals surface area contributed by atoms with Gasteiger partial charge in [0.2, 0.25) is 5.82 Å². The summed E-state index contributed by atoms with van der Waals surface area (Å²) < 4.78 is 1.57. The van der Waals surface area contributed by atoms with Gasteiger partial charge in [-0.3, -0.25) is 4.79 Å². The van der Waals surface area contributed by atoms with Crippen molar-refractivity contribution in [2.24, 2.45) is 0 Å². The molecule has 0 fully saturated rings. The molecule has 1 aromatic carbocycles. The van der Waals surface area contributed by atoms with Gasteiger partial charge in [0.15, 0.2) is 0 Å². The Morgan fingerprint density at radius 2 is 1.92 bits per heavy atom. The van der Waals surface area contributed by atoms with Gasteiger partial charge >= 0.3 is 0 Å². The van der Waals surface area contributed by atoms with Crippen LogP contribution in [0.5, 0.6) is 0 Å². The minimum atomic E-state index is -0.349. The standard InChI is InChI=1S/C17H20N6O.2ClH/c1-4-18-10-13-6-5-7-14(9-13)20-16(24)15-21-17-19-11(2)8-12(3)23(17)22-15;;/h5-9,18H,4,10H2,1-3H3,(H,20,24);2*1H. The lowest BCUT2D eigenvalue weighted by molar-refractivity contribution is 0.101. The highest BCUT2D eigenvalue weighted by Crippen LogP contribution is 2.12. The summed E-state index contributed by atoms with van der Waals surface area (Å²) in [6.45, 7) is 7.50. The molecule has 0 spiro atoms. The number of aromatic nitrogens is 4. The molecule has 1 amide bonds. The van der Waals surface area contributed by atoms with E-state index in [4.69, 9.17) is 0 Å². The molecule has 3 rings (SSSR count). The lowest BCUT2D eigenvalue weighted by Gasteiger charge is -2.06. The van der Waals surface area contributed by atoms with E-state index in [1.54, 1.807) is 4.52 Å². The van der Waals surface area contributed by atoms with E-state index in [1.165, 1.54) is 0 Å². The van der Waals surface area contributed by atoms with Crippen molar-refractivity contribution in [1.29, 1.82) is 0 Å². The number of nitrogens with zero attached hydrogens (tertiary/aromatic N) is 4. The zero-order valence-corrected chi connectivity index (χ0v) is 16.4. The minimum Gasteiger partial charge on any atom is -0.319 e. The molecule has 7 nitrogen and oxygen atoms in total. The second kappa shape index (κ2) is 9.47. The molecule has 0 radical (unpaired) electrons. The van der Waals surface area contributed by atoms with Gasteiger partial charge in [-0.05, 0) is 44.2 Å². The van der Waals surface area contributed by atoms with Crippen LogP contribution in [0.1, 0.15) is 34.5 Å². The van der Waals surface area contributed by atoms with Crippen LogP contribution in [0.15, 0.2) is 30.3 Å². The summed E-state index contributed by atoms with van der Waals surface area (Å²) >= 11 is 0.